The molecule has 0 bridgehead atoms. The summed E-state index contributed by atoms with van der Waals surface area (Å²) in [7, 11) is 2.26. The molecule has 0 rings (SSSR count). The van der Waals surface area contributed by atoms with Crippen molar-refractivity contribution in [2.45, 2.75) is 60.5 Å². The second-order valence-corrected chi connectivity index (χ2v) is 5.49. The molecule has 0 fully saturated rings. The Hall–Kier alpha value is -0.0400. The zero-order valence-corrected chi connectivity index (χ0v) is 11.3. The van der Waals surface area contributed by atoms with Crippen LogP contribution in [-0.2, 0) is 0 Å². The predicted molar refractivity (Wildman–Crippen MR) is 65.5 cm³/mol. The van der Waals surface area contributed by atoms with Crippen LogP contribution in [0.15, 0.2) is 0 Å². The molecular formula is C13H29N. The molecule has 0 N–H and O–H groups in total. The summed E-state index contributed by atoms with van der Waals surface area (Å²) in [6.07, 6.45) is 0. The van der Waals surface area contributed by atoms with Gasteiger partial charge in [-0.05, 0) is 38.6 Å². The average Bonchev–Trinajstić information content (AvgIpc) is 2.12. The van der Waals surface area contributed by atoms with E-state index in [1.165, 1.54) is 0 Å². The van der Waals surface area contributed by atoms with E-state index in [4.69, 9.17) is 0 Å². The summed E-state index contributed by atoms with van der Waals surface area (Å²) in [5.41, 5.74) is 0. The normalized spacial score (nSPS) is 19.1. The molecule has 0 aliphatic rings. The largest absolute Gasteiger partial charge is 0.300 e. The van der Waals surface area contributed by atoms with Crippen LogP contribution in [0, 0.1) is 17.8 Å². The first-order valence-electron chi connectivity index (χ1n) is 6.01. The van der Waals surface area contributed by atoms with Gasteiger partial charge in [-0.3, -0.25) is 0 Å². The third-order valence-corrected chi connectivity index (χ3v) is 4.06. The zero-order chi connectivity index (χ0) is 11.5. The maximum Gasteiger partial charge on any atom is 0.00948 e. The van der Waals surface area contributed by atoms with E-state index in [-0.39, 0.29) is 0 Å². The van der Waals surface area contributed by atoms with E-state index < -0.39 is 0 Å². The number of hydrogen-bond donors (Lipinski definition) is 0. The first-order valence-corrected chi connectivity index (χ1v) is 6.01. The molecular weight excluding hydrogens is 170 g/mol. The molecule has 0 saturated carbocycles. The van der Waals surface area contributed by atoms with Gasteiger partial charge in [0.1, 0.15) is 0 Å². The van der Waals surface area contributed by atoms with Gasteiger partial charge in [-0.25, -0.2) is 0 Å². The first-order chi connectivity index (χ1) is 6.29. The maximum atomic E-state index is 2.52. The van der Waals surface area contributed by atoms with Crippen LogP contribution in [0.2, 0.25) is 0 Å². The summed E-state index contributed by atoms with van der Waals surface area (Å²) >= 11 is 0. The van der Waals surface area contributed by atoms with Crippen LogP contribution >= 0.6 is 0 Å². The highest BCUT2D eigenvalue weighted by atomic mass is 15.2. The molecule has 0 heterocycles. The topological polar surface area (TPSA) is 3.24 Å². The third kappa shape index (κ3) is 3.61. The Morgan fingerprint density at radius 2 is 1.07 bits per heavy atom. The van der Waals surface area contributed by atoms with Crippen molar-refractivity contribution in [1.82, 2.24) is 4.90 Å². The minimum atomic E-state index is 0.672. The first kappa shape index (κ1) is 14.0. The van der Waals surface area contributed by atoms with Crippen molar-refractivity contribution >= 4 is 0 Å². The number of hydrogen-bond acceptors (Lipinski definition) is 1. The van der Waals surface area contributed by atoms with Gasteiger partial charge in [-0.2, -0.15) is 0 Å². The highest BCUT2D eigenvalue weighted by Gasteiger charge is 2.24. The molecule has 0 aromatic carbocycles. The van der Waals surface area contributed by atoms with Crippen molar-refractivity contribution in [3.05, 3.63) is 0 Å². The summed E-state index contributed by atoms with van der Waals surface area (Å²) in [4.78, 5) is 2.52. The molecule has 0 aromatic heterocycles. The molecule has 1 nitrogen and oxygen atoms in total. The highest BCUT2D eigenvalue weighted by Crippen LogP contribution is 2.21. The van der Waals surface area contributed by atoms with Crippen LogP contribution in [0.5, 0.6) is 0 Å². The lowest BCUT2D eigenvalue weighted by atomic mass is 9.89. The van der Waals surface area contributed by atoms with Gasteiger partial charge in [0.2, 0.25) is 0 Å². The van der Waals surface area contributed by atoms with E-state index in [1.54, 1.807) is 0 Å². The minimum absolute atomic E-state index is 0.672. The Kier molecular flexibility index (Phi) is 5.73. The molecule has 14 heavy (non-hydrogen) atoms. The van der Waals surface area contributed by atoms with Crippen LogP contribution in [0.4, 0.5) is 0 Å². The Balaban J connectivity index is 4.30. The van der Waals surface area contributed by atoms with Gasteiger partial charge in [-0.1, -0.05) is 34.6 Å². The molecule has 1 heteroatoms. The molecule has 0 aromatic rings. The third-order valence-electron chi connectivity index (χ3n) is 4.06. The van der Waals surface area contributed by atoms with Crippen LogP contribution in [-0.4, -0.2) is 24.0 Å². The van der Waals surface area contributed by atoms with E-state index in [9.17, 15) is 0 Å². The Bertz CT molecular complexity index is 133. The van der Waals surface area contributed by atoms with Gasteiger partial charge in [0.25, 0.3) is 0 Å². The average molecular weight is 199 g/mol. The molecule has 3 atom stereocenters. The minimum Gasteiger partial charge on any atom is -0.300 e. The quantitative estimate of drug-likeness (QED) is 0.653. The standard InChI is InChI=1S/C13H29N/c1-9(2)11(5)13(7)14(8)12(6)10(3)4/h9-13H,1-8H3. The molecule has 0 aliphatic carbocycles. The van der Waals surface area contributed by atoms with Gasteiger partial charge in [0, 0.05) is 12.1 Å². The van der Waals surface area contributed by atoms with E-state index in [0.29, 0.717) is 12.1 Å². The fourth-order valence-electron chi connectivity index (χ4n) is 1.77. The van der Waals surface area contributed by atoms with Crippen molar-refractivity contribution in [2.24, 2.45) is 17.8 Å². The van der Waals surface area contributed by atoms with Crippen molar-refractivity contribution < 1.29 is 0 Å². The van der Waals surface area contributed by atoms with Crippen LogP contribution in [0.25, 0.3) is 0 Å². The van der Waals surface area contributed by atoms with E-state index in [2.05, 4.69) is 60.4 Å². The van der Waals surface area contributed by atoms with Crippen molar-refractivity contribution in [3.63, 3.8) is 0 Å². The second-order valence-electron chi connectivity index (χ2n) is 5.49. The van der Waals surface area contributed by atoms with Crippen molar-refractivity contribution in [1.29, 1.82) is 0 Å². The Labute approximate surface area is 90.9 Å². The van der Waals surface area contributed by atoms with E-state index in [1.807, 2.05) is 0 Å². The maximum absolute atomic E-state index is 2.52. The summed E-state index contributed by atoms with van der Waals surface area (Å²) in [5, 5.41) is 0. The van der Waals surface area contributed by atoms with Gasteiger partial charge in [0.05, 0.1) is 0 Å². The second kappa shape index (κ2) is 5.75. The van der Waals surface area contributed by atoms with Crippen LogP contribution in [0.3, 0.4) is 0 Å². The Morgan fingerprint density at radius 3 is 1.36 bits per heavy atom. The molecule has 0 radical (unpaired) electrons. The number of rotatable bonds is 5. The molecule has 0 spiro atoms. The van der Waals surface area contributed by atoms with Gasteiger partial charge in [-0.15, -0.1) is 0 Å². The monoisotopic (exact) mass is 199 g/mol. The molecule has 0 aliphatic heterocycles. The molecule has 86 valence electrons. The van der Waals surface area contributed by atoms with Crippen LogP contribution < -0.4 is 0 Å². The molecule has 3 unspecified atom stereocenters. The smallest absolute Gasteiger partial charge is 0.00948 e. The predicted octanol–water partition coefficient (Wildman–Crippen LogP) is 3.64. The fourth-order valence-corrected chi connectivity index (χ4v) is 1.77. The molecule has 0 amide bonds. The van der Waals surface area contributed by atoms with Crippen LogP contribution in [0.1, 0.15) is 48.5 Å². The summed E-state index contributed by atoms with van der Waals surface area (Å²) in [6, 6.07) is 1.35. The zero-order valence-electron chi connectivity index (χ0n) is 11.3. The highest BCUT2D eigenvalue weighted by molar-refractivity contribution is 4.77. The summed E-state index contributed by atoms with van der Waals surface area (Å²) < 4.78 is 0. The van der Waals surface area contributed by atoms with Crippen molar-refractivity contribution in [3.8, 4) is 0 Å². The van der Waals surface area contributed by atoms with Gasteiger partial charge >= 0.3 is 0 Å². The lowest BCUT2D eigenvalue weighted by Gasteiger charge is -2.37. The lowest BCUT2D eigenvalue weighted by molar-refractivity contribution is 0.104. The molecule has 0 saturated heterocycles. The Morgan fingerprint density at radius 1 is 0.643 bits per heavy atom. The lowest BCUT2D eigenvalue weighted by Crippen LogP contribution is -2.44. The number of nitrogens with zero attached hydrogens (tertiary/aromatic N) is 1. The fraction of sp³-hybridized carbons (Fsp3) is 1.00. The van der Waals surface area contributed by atoms with E-state index >= 15 is 0 Å². The van der Waals surface area contributed by atoms with E-state index in [0.717, 1.165) is 17.8 Å². The van der Waals surface area contributed by atoms with Gasteiger partial charge < -0.3 is 4.90 Å². The van der Waals surface area contributed by atoms with Gasteiger partial charge in [0.15, 0.2) is 0 Å². The SMILES string of the molecule is CC(C)C(C)C(C)N(C)C(C)C(C)C. The summed E-state index contributed by atoms with van der Waals surface area (Å²) in [5.74, 6) is 2.27. The van der Waals surface area contributed by atoms with Crippen molar-refractivity contribution in [2.75, 3.05) is 7.05 Å². The summed E-state index contributed by atoms with van der Waals surface area (Å²) in [6.45, 7) is 16.3.